The van der Waals surface area contributed by atoms with Crippen LogP contribution in [0.4, 0.5) is 0 Å². The number of hydrogen-bond donors (Lipinski definition) is 1. The number of carbonyl (C=O) groups is 3. The number of esters is 1. The van der Waals surface area contributed by atoms with E-state index in [-0.39, 0.29) is 40.3 Å². The largest absolute Gasteiger partial charge is 0.481 e. The standard InChI is InChI=1S/C22H27BrO5/c23-18-10-14-15-6-8-22(12(1-3-16(14)22)2-4-19(25)26)20(27)28-11-21(15)7-5-13(24)9-17(18)21/h9,12,14-16,18H,1-8,10-11H2,(H,25,26)/t12-,14+,15?,16-,18?,21-,22-/m0/s1. The van der Waals surface area contributed by atoms with Crippen molar-refractivity contribution in [1.82, 2.24) is 0 Å². The minimum Gasteiger partial charge on any atom is -0.481 e. The maximum Gasteiger partial charge on any atom is 0.312 e. The summed E-state index contributed by atoms with van der Waals surface area (Å²) in [5, 5.41) is 9.17. The van der Waals surface area contributed by atoms with Gasteiger partial charge in [0.15, 0.2) is 5.78 Å². The molecule has 6 heteroatoms. The van der Waals surface area contributed by atoms with Crippen molar-refractivity contribution in [3.63, 3.8) is 0 Å². The molecule has 7 atom stereocenters. The van der Waals surface area contributed by atoms with Gasteiger partial charge in [-0.25, -0.2) is 0 Å². The third-order valence-electron chi connectivity index (χ3n) is 8.90. The molecule has 0 aromatic carbocycles. The van der Waals surface area contributed by atoms with Crippen molar-refractivity contribution in [3.8, 4) is 0 Å². The Morgan fingerprint density at radius 2 is 2.04 bits per heavy atom. The molecule has 2 unspecified atom stereocenters. The molecule has 2 heterocycles. The van der Waals surface area contributed by atoms with E-state index in [1.807, 2.05) is 6.08 Å². The third-order valence-corrected chi connectivity index (χ3v) is 9.77. The Balaban J connectivity index is 1.56. The first-order valence-electron chi connectivity index (χ1n) is 10.7. The van der Waals surface area contributed by atoms with E-state index >= 15 is 0 Å². The summed E-state index contributed by atoms with van der Waals surface area (Å²) in [6.07, 6.45) is 8.56. The molecule has 28 heavy (non-hydrogen) atoms. The molecule has 4 bridgehead atoms. The van der Waals surface area contributed by atoms with E-state index in [0.717, 1.165) is 44.1 Å². The fourth-order valence-corrected chi connectivity index (χ4v) is 8.87. The van der Waals surface area contributed by atoms with Crippen LogP contribution in [0, 0.1) is 34.5 Å². The van der Waals surface area contributed by atoms with Gasteiger partial charge in [-0.05, 0) is 80.3 Å². The second-order valence-electron chi connectivity index (χ2n) is 9.66. The van der Waals surface area contributed by atoms with Gasteiger partial charge in [-0.15, -0.1) is 0 Å². The number of ketones is 1. The van der Waals surface area contributed by atoms with E-state index in [0.29, 0.717) is 31.3 Å². The van der Waals surface area contributed by atoms with Crippen LogP contribution >= 0.6 is 15.9 Å². The van der Waals surface area contributed by atoms with Gasteiger partial charge in [0.2, 0.25) is 0 Å². The lowest BCUT2D eigenvalue weighted by Crippen LogP contribution is -2.61. The van der Waals surface area contributed by atoms with Crippen LogP contribution in [0.5, 0.6) is 0 Å². The normalized spacial score (nSPS) is 46.8. The average molecular weight is 451 g/mol. The highest BCUT2D eigenvalue weighted by molar-refractivity contribution is 9.09. The summed E-state index contributed by atoms with van der Waals surface area (Å²) in [6, 6.07) is 0. The van der Waals surface area contributed by atoms with Crippen LogP contribution in [0.2, 0.25) is 0 Å². The van der Waals surface area contributed by atoms with E-state index in [2.05, 4.69) is 15.9 Å². The summed E-state index contributed by atoms with van der Waals surface area (Å²) in [4.78, 5) is 36.9. The number of fused-ring (bicyclic) bond motifs is 3. The summed E-state index contributed by atoms with van der Waals surface area (Å²) in [7, 11) is 0. The van der Waals surface area contributed by atoms with Crippen LogP contribution in [0.15, 0.2) is 11.6 Å². The third kappa shape index (κ3) is 2.39. The molecule has 152 valence electrons. The first kappa shape index (κ1) is 18.8. The Bertz CT molecular complexity index is 775. The summed E-state index contributed by atoms with van der Waals surface area (Å²) in [5.74, 6) is 0.639. The lowest BCUT2D eigenvalue weighted by molar-refractivity contribution is -0.191. The minimum atomic E-state index is -0.786. The number of carboxylic acid groups (broad SMARTS) is 1. The molecular weight excluding hydrogens is 424 g/mol. The molecule has 0 amide bonds. The summed E-state index contributed by atoms with van der Waals surface area (Å²) in [5.41, 5.74) is 0.482. The van der Waals surface area contributed by atoms with Gasteiger partial charge in [0.1, 0.15) is 6.61 Å². The number of alkyl halides is 1. The number of hydrogen-bond acceptors (Lipinski definition) is 4. The van der Waals surface area contributed by atoms with Gasteiger partial charge in [-0.3, -0.25) is 14.4 Å². The molecule has 0 radical (unpaired) electrons. The van der Waals surface area contributed by atoms with Crippen LogP contribution < -0.4 is 0 Å². The molecular formula is C22H27BrO5. The summed E-state index contributed by atoms with van der Waals surface area (Å²) >= 11 is 3.88. The van der Waals surface area contributed by atoms with Crippen LogP contribution in [-0.2, 0) is 19.1 Å². The van der Waals surface area contributed by atoms with E-state index in [1.165, 1.54) is 0 Å². The highest BCUT2D eigenvalue weighted by atomic mass is 79.9. The van der Waals surface area contributed by atoms with E-state index in [9.17, 15) is 19.5 Å². The summed E-state index contributed by atoms with van der Waals surface area (Å²) < 4.78 is 6.03. The lowest BCUT2D eigenvalue weighted by atomic mass is 9.45. The Kier molecular flexibility index (Phi) is 4.31. The SMILES string of the molecule is O=C(O)CC[C@@H]1CC[C@H]2[C@@H]3CC(Br)C4=CC(=O)CC[C@@]45COC(=O)[C@@]12CCC35. The highest BCUT2D eigenvalue weighted by Gasteiger charge is 2.68. The van der Waals surface area contributed by atoms with Gasteiger partial charge in [0, 0.05) is 23.1 Å². The zero-order valence-electron chi connectivity index (χ0n) is 16.0. The number of halogens is 1. The number of carbonyl (C=O) groups excluding carboxylic acids is 2. The smallest absolute Gasteiger partial charge is 0.312 e. The van der Waals surface area contributed by atoms with Crippen molar-refractivity contribution >= 4 is 33.7 Å². The van der Waals surface area contributed by atoms with Crippen LogP contribution in [0.3, 0.4) is 0 Å². The van der Waals surface area contributed by atoms with E-state index in [1.54, 1.807) is 0 Å². The topological polar surface area (TPSA) is 80.7 Å². The fraction of sp³-hybridized carbons (Fsp3) is 0.773. The fourth-order valence-electron chi connectivity index (χ4n) is 7.85. The molecule has 1 N–H and O–H groups in total. The molecule has 5 nitrogen and oxygen atoms in total. The monoisotopic (exact) mass is 450 g/mol. The van der Waals surface area contributed by atoms with Crippen molar-refractivity contribution in [2.24, 2.45) is 34.5 Å². The quantitative estimate of drug-likeness (QED) is 0.520. The van der Waals surface area contributed by atoms with Gasteiger partial charge < -0.3 is 9.84 Å². The first-order valence-corrected chi connectivity index (χ1v) is 11.6. The lowest BCUT2D eigenvalue weighted by Gasteiger charge is -2.61. The molecule has 3 saturated carbocycles. The number of ether oxygens (including phenoxy) is 1. The molecule has 0 aromatic rings. The Labute approximate surface area is 173 Å². The van der Waals surface area contributed by atoms with Crippen molar-refractivity contribution in [1.29, 1.82) is 0 Å². The maximum atomic E-state index is 13.5. The first-order chi connectivity index (χ1) is 13.4. The zero-order valence-corrected chi connectivity index (χ0v) is 17.6. The van der Waals surface area contributed by atoms with Gasteiger partial charge in [0.25, 0.3) is 0 Å². The van der Waals surface area contributed by atoms with E-state index in [4.69, 9.17) is 4.74 Å². The van der Waals surface area contributed by atoms with Crippen molar-refractivity contribution in [3.05, 3.63) is 11.6 Å². The van der Waals surface area contributed by atoms with Crippen molar-refractivity contribution in [2.75, 3.05) is 6.61 Å². The van der Waals surface area contributed by atoms with Gasteiger partial charge >= 0.3 is 11.9 Å². The maximum absolute atomic E-state index is 13.5. The molecule has 2 saturated heterocycles. The van der Waals surface area contributed by atoms with Crippen LogP contribution in [0.1, 0.15) is 57.8 Å². The predicted molar refractivity (Wildman–Crippen MR) is 105 cm³/mol. The minimum absolute atomic E-state index is 0.0859. The van der Waals surface area contributed by atoms with Crippen LogP contribution in [-0.4, -0.2) is 34.3 Å². The number of rotatable bonds is 3. The second kappa shape index (κ2) is 6.41. The van der Waals surface area contributed by atoms with Crippen molar-refractivity contribution in [2.45, 2.75) is 62.6 Å². The average Bonchev–Trinajstić information content (AvgIpc) is 3.04. The van der Waals surface area contributed by atoms with Gasteiger partial charge in [-0.1, -0.05) is 15.9 Å². The molecule has 5 fully saturated rings. The number of aliphatic carboxylic acids is 1. The Morgan fingerprint density at radius 3 is 2.82 bits per heavy atom. The van der Waals surface area contributed by atoms with Gasteiger partial charge in [0.05, 0.1) is 5.41 Å². The molecule has 0 aromatic heterocycles. The van der Waals surface area contributed by atoms with E-state index < -0.39 is 11.4 Å². The second-order valence-corrected chi connectivity index (χ2v) is 10.8. The van der Waals surface area contributed by atoms with Crippen molar-refractivity contribution < 1.29 is 24.2 Å². The molecule has 4 aliphatic carbocycles. The Hall–Kier alpha value is -1.17. The molecule has 2 spiro atoms. The zero-order chi connectivity index (χ0) is 19.7. The predicted octanol–water partition coefficient (Wildman–Crippen LogP) is 3.89. The highest BCUT2D eigenvalue weighted by Crippen LogP contribution is 2.69. The van der Waals surface area contributed by atoms with Gasteiger partial charge in [-0.2, -0.15) is 0 Å². The molecule has 6 aliphatic rings. The number of carboxylic acids is 1. The molecule has 2 aliphatic heterocycles. The van der Waals surface area contributed by atoms with Crippen LogP contribution in [0.25, 0.3) is 0 Å². The Morgan fingerprint density at radius 1 is 1.21 bits per heavy atom. The summed E-state index contributed by atoms with van der Waals surface area (Å²) in [6.45, 7) is 0.383. The molecule has 6 rings (SSSR count).